The van der Waals surface area contributed by atoms with Gasteiger partial charge >= 0.3 is 0 Å². The van der Waals surface area contributed by atoms with Crippen molar-refractivity contribution in [1.82, 2.24) is 4.57 Å². The number of rotatable bonds is 9. The minimum absolute atomic E-state index is 0.201. The smallest absolute Gasteiger partial charge is 0.0545 e. The molecule has 0 atom stereocenters. The number of nitrogens with zero attached hydrogens (tertiary/aromatic N) is 2. The third-order valence-electron chi connectivity index (χ3n) is 9.86. The van der Waals surface area contributed by atoms with Gasteiger partial charge in [-0.1, -0.05) is 137 Å². The molecular formula is C46H44N2. The number of benzene rings is 5. The molecule has 2 heterocycles. The summed E-state index contributed by atoms with van der Waals surface area (Å²) in [6, 6.07) is 44.3. The van der Waals surface area contributed by atoms with Crippen LogP contribution < -0.4 is 4.90 Å². The third kappa shape index (κ3) is 5.32. The minimum Gasteiger partial charge on any atom is -0.310 e. The molecule has 0 unspecified atom stereocenters. The molecule has 2 nitrogen and oxygen atoms in total. The fourth-order valence-electron chi connectivity index (χ4n) is 7.45. The Bertz CT molecular complexity index is 2140. The van der Waals surface area contributed by atoms with E-state index in [-0.39, 0.29) is 5.41 Å². The molecule has 0 saturated carbocycles. The van der Waals surface area contributed by atoms with Crippen molar-refractivity contribution in [2.45, 2.75) is 52.4 Å². The zero-order chi connectivity index (χ0) is 33.3. The monoisotopic (exact) mass is 624 g/mol. The van der Waals surface area contributed by atoms with E-state index in [0.717, 1.165) is 29.1 Å². The van der Waals surface area contributed by atoms with Gasteiger partial charge in [-0.15, -0.1) is 0 Å². The van der Waals surface area contributed by atoms with Crippen LogP contribution in [0.5, 0.6) is 0 Å². The highest BCUT2D eigenvalue weighted by atomic mass is 15.2. The van der Waals surface area contributed by atoms with Gasteiger partial charge < -0.3 is 9.47 Å². The molecule has 0 bridgehead atoms. The van der Waals surface area contributed by atoms with Gasteiger partial charge in [0.15, 0.2) is 0 Å². The standard InChI is InChI=1S/C46H44N2/c1-6-9-12-24-38(33-20-13-10-14-21-33)34-27-29-36(30-28-34)47-42(19-7-2)37(8-3)39-31-45-41(32-44(39)47)46(4,5)40-25-17-18-26-43(40)48(45)35-22-15-11-16-23-35/h7-8,10-11,13-32H,3,6,9,12H2,1-2,4-5H3/b19-7-,38-24+. The first kappa shape index (κ1) is 31.3. The van der Waals surface area contributed by atoms with E-state index in [2.05, 4.69) is 183 Å². The maximum Gasteiger partial charge on any atom is 0.0545 e. The second kappa shape index (κ2) is 13.0. The Kier molecular flexibility index (Phi) is 8.50. The Morgan fingerprint density at radius 1 is 0.729 bits per heavy atom. The molecule has 1 aliphatic rings. The summed E-state index contributed by atoms with van der Waals surface area (Å²) in [7, 11) is 0. The van der Waals surface area contributed by atoms with Crippen molar-refractivity contribution < 1.29 is 0 Å². The number of fused-ring (bicyclic) bond motifs is 3. The topological polar surface area (TPSA) is 8.17 Å². The zero-order valence-electron chi connectivity index (χ0n) is 28.6. The van der Waals surface area contributed by atoms with E-state index in [1.54, 1.807) is 0 Å². The van der Waals surface area contributed by atoms with Crippen LogP contribution in [0.4, 0.5) is 17.1 Å². The van der Waals surface area contributed by atoms with Crippen LogP contribution in [0.15, 0.2) is 140 Å². The maximum absolute atomic E-state index is 4.32. The Morgan fingerprint density at radius 2 is 1.40 bits per heavy atom. The number of hydrogen-bond donors (Lipinski definition) is 0. The third-order valence-corrected chi connectivity index (χ3v) is 9.86. The van der Waals surface area contributed by atoms with Crippen molar-refractivity contribution in [3.05, 3.63) is 174 Å². The van der Waals surface area contributed by atoms with Gasteiger partial charge in [-0.25, -0.2) is 0 Å². The van der Waals surface area contributed by atoms with Crippen LogP contribution in [0.3, 0.4) is 0 Å². The van der Waals surface area contributed by atoms with Gasteiger partial charge in [0.2, 0.25) is 0 Å². The molecule has 0 aliphatic carbocycles. The second-order valence-corrected chi connectivity index (χ2v) is 13.2. The average molecular weight is 625 g/mol. The highest BCUT2D eigenvalue weighted by Gasteiger charge is 2.37. The van der Waals surface area contributed by atoms with E-state index in [0.29, 0.717) is 0 Å². The lowest BCUT2D eigenvalue weighted by molar-refractivity contribution is 0.632. The summed E-state index contributed by atoms with van der Waals surface area (Å²) < 4.78 is 2.42. The quantitative estimate of drug-likeness (QED) is 0.145. The van der Waals surface area contributed by atoms with Crippen LogP contribution in [0, 0.1) is 0 Å². The van der Waals surface area contributed by atoms with Crippen molar-refractivity contribution in [3.63, 3.8) is 0 Å². The van der Waals surface area contributed by atoms with E-state index in [9.17, 15) is 0 Å². The number of hydrogen-bond acceptors (Lipinski definition) is 1. The van der Waals surface area contributed by atoms with Crippen LogP contribution in [0.25, 0.3) is 34.3 Å². The Labute approximate surface area is 286 Å². The number of unbranched alkanes of at least 4 members (excludes halogenated alkanes) is 2. The average Bonchev–Trinajstić information content (AvgIpc) is 3.42. The summed E-state index contributed by atoms with van der Waals surface area (Å²) in [5.41, 5.74) is 14.4. The molecule has 5 aromatic carbocycles. The van der Waals surface area contributed by atoms with Crippen LogP contribution in [0.1, 0.15) is 80.5 Å². The molecule has 0 N–H and O–H groups in total. The summed E-state index contributed by atoms with van der Waals surface area (Å²) in [5, 5.41) is 1.20. The largest absolute Gasteiger partial charge is 0.310 e. The molecule has 0 saturated heterocycles. The number of allylic oxidation sites excluding steroid dienone is 2. The predicted molar refractivity (Wildman–Crippen MR) is 208 cm³/mol. The Hall–Kier alpha value is -5.34. The maximum atomic E-state index is 4.32. The fourth-order valence-corrected chi connectivity index (χ4v) is 7.45. The van der Waals surface area contributed by atoms with Crippen molar-refractivity contribution in [3.8, 4) is 5.69 Å². The van der Waals surface area contributed by atoms with E-state index < -0.39 is 0 Å². The van der Waals surface area contributed by atoms with Crippen molar-refractivity contribution >= 4 is 45.7 Å². The number of anilines is 3. The van der Waals surface area contributed by atoms with Crippen molar-refractivity contribution in [1.29, 1.82) is 0 Å². The minimum atomic E-state index is -0.201. The zero-order valence-corrected chi connectivity index (χ0v) is 28.6. The van der Waals surface area contributed by atoms with Crippen LogP contribution in [-0.2, 0) is 5.41 Å². The highest BCUT2D eigenvalue weighted by molar-refractivity contribution is 6.01. The number of para-hydroxylation sites is 2. The normalized spacial score (nSPS) is 13.9. The molecule has 7 rings (SSSR count). The van der Waals surface area contributed by atoms with Crippen molar-refractivity contribution in [2.75, 3.05) is 4.90 Å². The molecule has 0 amide bonds. The predicted octanol–water partition coefficient (Wildman–Crippen LogP) is 13.0. The lowest BCUT2D eigenvalue weighted by Crippen LogP contribution is -2.30. The molecule has 2 heteroatoms. The summed E-state index contributed by atoms with van der Waals surface area (Å²) in [5.74, 6) is 0. The summed E-state index contributed by atoms with van der Waals surface area (Å²) >= 11 is 0. The summed E-state index contributed by atoms with van der Waals surface area (Å²) in [6.45, 7) is 13.4. The lowest BCUT2D eigenvalue weighted by Gasteiger charge is -2.42. The van der Waals surface area contributed by atoms with Gasteiger partial charge in [0, 0.05) is 27.7 Å². The van der Waals surface area contributed by atoms with Gasteiger partial charge in [-0.2, -0.15) is 0 Å². The van der Waals surface area contributed by atoms with E-state index in [1.165, 1.54) is 62.9 Å². The molecule has 1 aliphatic heterocycles. The molecule has 1 aromatic heterocycles. The van der Waals surface area contributed by atoms with Crippen LogP contribution in [-0.4, -0.2) is 4.57 Å². The molecule has 238 valence electrons. The van der Waals surface area contributed by atoms with Gasteiger partial charge in [0.05, 0.1) is 22.6 Å². The van der Waals surface area contributed by atoms with Gasteiger partial charge in [-0.05, 0) is 89.7 Å². The summed E-state index contributed by atoms with van der Waals surface area (Å²) in [6.07, 6.45) is 12.2. The van der Waals surface area contributed by atoms with E-state index >= 15 is 0 Å². The molecule has 0 fully saturated rings. The number of aromatic nitrogens is 1. The molecule has 48 heavy (non-hydrogen) atoms. The first-order valence-electron chi connectivity index (χ1n) is 17.3. The van der Waals surface area contributed by atoms with Crippen molar-refractivity contribution in [2.24, 2.45) is 0 Å². The Morgan fingerprint density at radius 3 is 2.08 bits per heavy atom. The molecular weight excluding hydrogens is 581 g/mol. The highest BCUT2D eigenvalue weighted by Crippen LogP contribution is 2.53. The molecule has 0 radical (unpaired) electrons. The van der Waals surface area contributed by atoms with Crippen LogP contribution in [0.2, 0.25) is 0 Å². The van der Waals surface area contributed by atoms with E-state index in [1.807, 2.05) is 6.08 Å². The lowest BCUT2D eigenvalue weighted by atomic mass is 9.73. The fraction of sp³-hybridized carbons (Fsp3) is 0.174. The second-order valence-electron chi connectivity index (χ2n) is 13.2. The Balaban J connectivity index is 1.45. The SMILES string of the molecule is C=Cc1c(/C=C\C)n(-c2ccc(/C(=C/CCCC)c3ccccc3)cc2)c2cc3c(cc12)N(c1ccccc1)c1ccccc1C3(C)C. The summed E-state index contributed by atoms with van der Waals surface area (Å²) in [4.78, 5) is 2.43. The first-order chi connectivity index (χ1) is 23.5. The van der Waals surface area contributed by atoms with Gasteiger partial charge in [-0.3, -0.25) is 0 Å². The molecule has 6 aromatic rings. The molecule has 0 spiro atoms. The van der Waals surface area contributed by atoms with E-state index in [4.69, 9.17) is 0 Å². The van der Waals surface area contributed by atoms with Gasteiger partial charge in [0.1, 0.15) is 0 Å². The first-order valence-corrected chi connectivity index (χ1v) is 17.3. The van der Waals surface area contributed by atoms with Crippen LogP contribution >= 0.6 is 0 Å². The van der Waals surface area contributed by atoms with Gasteiger partial charge in [0.25, 0.3) is 0 Å².